The molecule has 0 radical (unpaired) electrons. The van der Waals surface area contributed by atoms with Crippen LogP contribution in [0.5, 0.6) is 0 Å². The maximum Gasteiger partial charge on any atom is 0.243 e. The summed E-state index contributed by atoms with van der Waals surface area (Å²) in [5.41, 5.74) is 0.896. The van der Waals surface area contributed by atoms with E-state index in [0.717, 1.165) is 0 Å². The number of aliphatic hydroxyl groups excluding tert-OH is 1. The van der Waals surface area contributed by atoms with Gasteiger partial charge in [0.2, 0.25) is 10.0 Å². The van der Waals surface area contributed by atoms with Crippen molar-refractivity contribution in [1.82, 2.24) is 4.31 Å². The molecule has 0 amide bonds. The lowest BCUT2D eigenvalue weighted by Crippen LogP contribution is -2.50. The summed E-state index contributed by atoms with van der Waals surface area (Å²) >= 11 is 0. The first-order valence-corrected chi connectivity index (χ1v) is 8.09. The van der Waals surface area contributed by atoms with E-state index in [9.17, 15) is 13.5 Å². The Hall–Kier alpha value is -1.46. The highest BCUT2D eigenvalue weighted by Gasteiger charge is 2.34. The fraction of sp³-hybridized carbons (Fsp3) is 0.500. The molecule has 0 aromatic heterocycles. The SMILES string of the molecule is Cc1ccc(C#N)cc1S(=O)(=O)N1CC(C)OC(CO)C1. The third-order valence-corrected chi connectivity index (χ3v) is 5.41. The van der Waals surface area contributed by atoms with Gasteiger partial charge in [-0.3, -0.25) is 0 Å². The summed E-state index contributed by atoms with van der Waals surface area (Å²) in [5.74, 6) is 0. The number of aryl methyl sites for hydroxylation is 1. The van der Waals surface area contributed by atoms with E-state index < -0.39 is 16.1 Å². The molecule has 1 aliphatic heterocycles. The first-order chi connectivity index (χ1) is 9.88. The van der Waals surface area contributed by atoms with Crippen LogP contribution < -0.4 is 0 Å². The molecular weight excluding hydrogens is 292 g/mol. The number of benzene rings is 1. The van der Waals surface area contributed by atoms with Crippen LogP contribution >= 0.6 is 0 Å². The summed E-state index contributed by atoms with van der Waals surface area (Å²) < 4.78 is 32.3. The number of aliphatic hydroxyl groups is 1. The maximum absolute atomic E-state index is 12.8. The second kappa shape index (κ2) is 6.12. The minimum Gasteiger partial charge on any atom is -0.394 e. The van der Waals surface area contributed by atoms with Gasteiger partial charge in [0.25, 0.3) is 0 Å². The number of ether oxygens (including phenoxy) is 1. The molecule has 114 valence electrons. The molecule has 1 aliphatic rings. The Morgan fingerprint density at radius 2 is 2.19 bits per heavy atom. The van der Waals surface area contributed by atoms with Crippen molar-refractivity contribution in [3.8, 4) is 6.07 Å². The van der Waals surface area contributed by atoms with Gasteiger partial charge >= 0.3 is 0 Å². The predicted octanol–water partition coefficient (Wildman–Crippen LogP) is 0.637. The van der Waals surface area contributed by atoms with Gasteiger partial charge in [-0.15, -0.1) is 0 Å². The zero-order valence-electron chi connectivity index (χ0n) is 12.0. The minimum atomic E-state index is -3.71. The number of morpholine rings is 1. The molecule has 1 saturated heterocycles. The predicted molar refractivity (Wildman–Crippen MR) is 76.1 cm³/mol. The van der Waals surface area contributed by atoms with Gasteiger partial charge in [0.15, 0.2) is 0 Å². The Balaban J connectivity index is 2.40. The van der Waals surface area contributed by atoms with Gasteiger partial charge in [0.1, 0.15) is 0 Å². The van der Waals surface area contributed by atoms with Crippen molar-refractivity contribution in [1.29, 1.82) is 5.26 Å². The Morgan fingerprint density at radius 1 is 1.48 bits per heavy atom. The third-order valence-electron chi connectivity index (χ3n) is 3.43. The van der Waals surface area contributed by atoms with E-state index >= 15 is 0 Å². The molecular formula is C14H18N2O4S. The van der Waals surface area contributed by atoms with Crippen LogP contribution in [0.1, 0.15) is 18.1 Å². The van der Waals surface area contributed by atoms with Gasteiger partial charge in [-0.1, -0.05) is 6.07 Å². The van der Waals surface area contributed by atoms with Crippen LogP contribution in [-0.2, 0) is 14.8 Å². The fourth-order valence-electron chi connectivity index (χ4n) is 2.39. The summed E-state index contributed by atoms with van der Waals surface area (Å²) in [4.78, 5) is 0.132. The van der Waals surface area contributed by atoms with Gasteiger partial charge in [-0.2, -0.15) is 9.57 Å². The number of hydrogen-bond donors (Lipinski definition) is 1. The number of hydrogen-bond acceptors (Lipinski definition) is 5. The molecule has 1 heterocycles. The average molecular weight is 310 g/mol. The normalized spacial score (nSPS) is 23.7. The quantitative estimate of drug-likeness (QED) is 0.884. The number of rotatable bonds is 3. The Kier molecular flexibility index (Phi) is 4.64. The maximum atomic E-state index is 12.8. The number of nitriles is 1. The average Bonchev–Trinajstić information content (AvgIpc) is 2.46. The first-order valence-electron chi connectivity index (χ1n) is 6.65. The molecule has 0 spiro atoms. The van der Waals surface area contributed by atoms with Crippen molar-refractivity contribution in [3.05, 3.63) is 29.3 Å². The summed E-state index contributed by atoms with van der Waals surface area (Å²) in [5, 5.41) is 18.1. The summed E-state index contributed by atoms with van der Waals surface area (Å²) in [6.07, 6.45) is -0.812. The highest BCUT2D eigenvalue weighted by atomic mass is 32.2. The van der Waals surface area contributed by atoms with Crippen LogP contribution in [0.3, 0.4) is 0 Å². The molecule has 6 nitrogen and oxygen atoms in total. The molecule has 0 saturated carbocycles. The van der Waals surface area contributed by atoms with Crippen molar-refractivity contribution in [2.45, 2.75) is 31.0 Å². The van der Waals surface area contributed by atoms with Crippen molar-refractivity contribution in [2.24, 2.45) is 0 Å². The fourth-order valence-corrected chi connectivity index (χ4v) is 4.18. The van der Waals surface area contributed by atoms with Crippen LogP contribution in [0.4, 0.5) is 0 Å². The van der Waals surface area contributed by atoms with Gasteiger partial charge in [0, 0.05) is 13.1 Å². The number of nitrogens with zero attached hydrogens (tertiary/aromatic N) is 2. The van der Waals surface area contributed by atoms with Crippen molar-refractivity contribution < 1.29 is 18.3 Å². The molecule has 1 fully saturated rings. The summed E-state index contributed by atoms with van der Waals surface area (Å²) in [6.45, 7) is 3.58. The summed E-state index contributed by atoms with van der Waals surface area (Å²) in [6, 6.07) is 6.55. The van der Waals surface area contributed by atoms with Gasteiger partial charge in [-0.05, 0) is 31.5 Å². The van der Waals surface area contributed by atoms with Crippen LogP contribution in [0, 0.1) is 18.3 Å². The monoisotopic (exact) mass is 310 g/mol. The molecule has 1 N–H and O–H groups in total. The second-order valence-electron chi connectivity index (χ2n) is 5.17. The zero-order chi connectivity index (χ0) is 15.6. The van der Waals surface area contributed by atoms with Gasteiger partial charge in [0.05, 0.1) is 35.3 Å². The Labute approximate surface area is 124 Å². The molecule has 2 atom stereocenters. The van der Waals surface area contributed by atoms with E-state index in [1.165, 1.54) is 10.4 Å². The van der Waals surface area contributed by atoms with E-state index in [-0.39, 0.29) is 30.7 Å². The minimum absolute atomic E-state index is 0.111. The Morgan fingerprint density at radius 3 is 2.81 bits per heavy atom. The van der Waals surface area contributed by atoms with Crippen LogP contribution in [0.25, 0.3) is 0 Å². The molecule has 0 aliphatic carbocycles. The smallest absolute Gasteiger partial charge is 0.243 e. The molecule has 21 heavy (non-hydrogen) atoms. The first kappa shape index (κ1) is 15.9. The molecule has 7 heteroatoms. The van der Waals surface area contributed by atoms with Crippen LogP contribution in [0.2, 0.25) is 0 Å². The summed E-state index contributed by atoms with van der Waals surface area (Å²) in [7, 11) is -3.71. The highest BCUT2D eigenvalue weighted by molar-refractivity contribution is 7.89. The van der Waals surface area contributed by atoms with Crippen molar-refractivity contribution in [3.63, 3.8) is 0 Å². The van der Waals surface area contributed by atoms with Gasteiger partial charge in [-0.25, -0.2) is 8.42 Å². The van der Waals surface area contributed by atoms with E-state index in [1.54, 1.807) is 26.0 Å². The lowest BCUT2D eigenvalue weighted by Gasteiger charge is -2.35. The largest absolute Gasteiger partial charge is 0.394 e. The van der Waals surface area contributed by atoms with Crippen LogP contribution in [0.15, 0.2) is 23.1 Å². The van der Waals surface area contributed by atoms with E-state index in [2.05, 4.69) is 0 Å². The highest BCUT2D eigenvalue weighted by Crippen LogP contribution is 2.24. The molecule has 1 aromatic rings. The number of sulfonamides is 1. The molecule has 2 rings (SSSR count). The van der Waals surface area contributed by atoms with E-state index in [0.29, 0.717) is 11.1 Å². The third kappa shape index (κ3) is 3.24. The topological polar surface area (TPSA) is 90.6 Å². The molecule has 1 aromatic carbocycles. The Bertz CT molecular complexity index is 666. The van der Waals surface area contributed by atoms with Gasteiger partial charge < -0.3 is 9.84 Å². The van der Waals surface area contributed by atoms with E-state index in [1.807, 2.05) is 6.07 Å². The standard InChI is InChI=1S/C14H18N2O4S/c1-10-3-4-12(6-15)5-14(10)21(18,19)16-7-11(2)20-13(8-16)9-17/h3-5,11,13,17H,7-9H2,1-2H3. The van der Waals surface area contributed by atoms with Crippen molar-refractivity contribution >= 4 is 10.0 Å². The lowest BCUT2D eigenvalue weighted by molar-refractivity contribution is -0.0750. The van der Waals surface area contributed by atoms with Crippen LogP contribution in [-0.4, -0.2) is 49.7 Å². The van der Waals surface area contributed by atoms with Crippen molar-refractivity contribution in [2.75, 3.05) is 19.7 Å². The molecule has 0 bridgehead atoms. The molecule has 2 unspecified atom stereocenters. The zero-order valence-corrected chi connectivity index (χ0v) is 12.8. The second-order valence-corrected chi connectivity index (χ2v) is 7.07. The van der Waals surface area contributed by atoms with E-state index in [4.69, 9.17) is 10.00 Å². The lowest BCUT2D eigenvalue weighted by atomic mass is 10.2.